The number of nitrogens with zero attached hydrogens (tertiary/aromatic N) is 2. The SMILES string of the molecule is COc1cccc(CNc2ncc(-c3cccc(Br)c3)n2C)c1O.O=C(O)C(=O)O. The van der Waals surface area contributed by atoms with Gasteiger partial charge in [-0.15, -0.1) is 0 Å². The number of phenolic OH excluding ortho intramolecular Hbond substituents is 1. The van der Waals surface area contributed by atoms with Crippen LogP contribution in [0.15, 0.2) is 53.1 Å². The average Bonchev–Trinajstić information content (AvgIpc) is 3.08. The zero-order valence-corrected chi connectivity index (χ0v) is 17.8. The minimum absolute atomic E-state index is 0.147. The van der Waals surface area contributed by atoms with Crippen molar-refractivity contribution in [2.75, 3.05) is 12.4 Å². The minimum atomic E-state index is -1.82. The summed E-state index contributed by atoms with van der Waals surface area (Å²) in [5.41, 5.74) is 2.84. The number of hydrogen-bond acceptors (Lipinski definition) is 6. The number of rotatable bonds is 5. The molecule has 0 saturated carbocycles. The number of benzene rings is 2. The highest BCUT2D eigenvalue weighted by atomic mass is 79.9. The monoisotopic (exact) mass is 477 g/mol. The number of para-hydroxylation sites is 1. The van der Waals surface area contributed by atoms with Crippen LogP contribution in [0.25, 0.3) is 11.3 Å². The van der Waals surface area contributed by atoms with E-state index in [9.17, 15) is 5.11 Å². The smallest absolute Gasteiger partial charge is 0.414 e. The number of aromatic hydroxyl groups is 1. The number of phenols is 1. The lowest BCUT2D eigenvalue weighted by Crippen LogP contribution is -2.09. The van der Waals surface area contributed by atoms with E-state index >= 15 is 0 Å². The molecule has 0 spiro atoms. The molecule has 0 aliphatic rings. The summed E-state index contributed by atoms with van der Waals surface area (Å²) < 4.78 is 8.14. The zero-order chi connectivity index (χ0) is 22.3. The fourth-order valence-electron chi connectivity index (χ4n) is 2.54. The minimum Gasteiger partial charge on any atom is -0.504 e. The quantitative estimate of drug-likeness (QED) is 0.411. The molecule has 30 heavy (non-hydrogen) atoms. The molecule has 158 valence electrons. The molecular weight excluding hydrogens is 458 g/mol. The number of methoxy groups -OCH3 is 1. The number of hydrogen-bond donors (Lipinski definition) is 4. The van der Waals surface area contributed by atoms with Crippen molar-refractivity contribution in [3.05, 3.63) is 58.7 Å². The summed E-state index contributed by atoms with van der Waals surface area (Å²) in [7, 11) is 3.49. The third-order valence-electron chi connectivity index (χ3n) is 4.03. The van der Waals surface area contributed by atoms with E-state index in [-0.39, 0.29) is 5.75 Å². The molecule has 0 bridgehead atoms. The van der Waals surface area contributed by atoms with Crippen molar-refractivity contribution in [1.29, 1.82) is 0 Å². The number of halogens is 1. The van der Waals surface area contributed by atoms with Gasteiger partial charge in [-0.25, -0.2) is 14.6 Å². The fourth-order valence-corrected chi connectivity index (χ4v) is 2.94. The van der Waals surface area contributed by atoms with Crippen LogP contribution in [0.3, 0.4) is 0 Å². The molecule has 4 N–H and O–H groups in total. The van der Waals surface area contributed by atoms with Gasteiger partial charge in [-0.2, -0.15) is 0 Å². The van der Waals surface area contributed by atoms with E-state index in [2.05, 4.69) is 32.3 Å². The van der Waals surface area contributed by atoms with Gasteiger partial charge in [0.1, 0.15) is 0 Å². The first-order valence-electron chi connectivity index (χ1n) is 8.57. The maximum Gasteiger partial charge on any atom is 0.414 e. The van der Waals surface area contributed by atoms with Crippen LogP contribution in [0.2, 0.25) is 0 Å². The molecular formula is C20H20BrN3O6. The third kappa shape index (κ3) is 5.74. The van der Waals surface area contributed by atoms with Crippen LogP contribution in [-0.2, 0) is 23.2 Å². The van der Waals surface area contributed by atoms with Crippen LogP contribution >= 0.6 is 15.9 Å². The van der Waals surface area contributed by atoms with Gasteiger partial charge in [-0.3, -0.25) is 0 Å². The molecule has 2 aromatic carbocycles. The van der Waals surface area contributed by atoms with Gasteiger partial charge in [-0.1, -0.05) is 40.2 Å². The first kappa shape index (κ1) is 22.8. The molecule has 0 saturated heterocycles. The topological polar surface area (TPSA) is 134 Å². The Kier molecular flexibility index (Phi) is 7.82. The highest BCUT2D eigenvalue weighted by Crippen LogP contribution is 2.30. The molecule has 9 nitrogen and oxygen atoms in total. The van der Waals surface area contributed by atoms with Gasteiger partial charge in [0.15, 0.2) is 11.5 Å². The normalized spacial score (nSPS) is 9.97. The Labute approximate surface area is 180 Å². The Bertz CT molecular complexity index is 1040. The number of carboxylic acids is 2. The van der Waals surface area contributed by atoms with Crippen molar-refractivity contribution in [1.82, 2.24) is 9.55 Å². The van der Waals surface area contributed by atoms with E-state index < -0.39 is 11.9 Å². The Balaban J connectivity index is 0.000000469. The zero-order valence-electron chi connectivity index (χ0n) is 16.2. The van der Waals surface area contributed by atoms with Gasteiger partial charge < -0.3 is 29.9 Å². The number of carboxylic acid groups (broad SMARTS) is 2. The number of ether oxygens (including phenoxy) is 1. The molecule has 0 amide bonds. The van der Waals surface area contributed by atoms with Crippen molar-refractivity contribution >= 4 is 33.8 Å². The van der Waals surface area contributed by atoms with Crippen molar-refractivity contribution in [3.63, 3.8) is 0 Å². The van der Waals surface area contributed by atoms with Crippen molar-refractivity contribution < 1.29 is 29.6 Å². The molecule has 0 aliphatic heterocycles. The van der Waals surface area contributed by atoms with Crippen molar-refractivity contribution in [2.45, 2.75) is 6.54 Å². The van der Waals surface area contributed by atoms with E-state index in [1.807, 2.05) is 48.1 Å². The van der Waals surface area contributed by atoms with Crippen LogP contribution < -0.4 is 10.1 Å². The van der Waals surface area contributed by atoms with E-state index in [1.54, 1.807) is 6.07 Å². The van der Waals surface area contributed by atoms with Gasteiger partial charge in [0.05, 0.1) is 19.0 Å². The Morgan fingerprint density at radius 3 is 2.43 bits per heavy atom. The Hall–Kier alpha value is -3.53. The van der Waals surface area contributed by atoms with E-state index in [0.717, 1.165) is 27.2 Å². The van der Waals surface area contributed by atoms with Gasteiger partial charge >= 0.3 is 11.9 Å². The summed E-state index contributed by atoms with van der Waals surface area (Å²) >= 11 is 3.49. The number of aromatic nitrogens is 2. The predicted octanol–water partition coefficient (Wildman–Crippen LogP) is 3.33. The summed E-state index contributed by atoms with van der Waals surface area (Å²) in [5.74, 6) is -2.31. The van der Waals surface area contributed by atoms with Crippen molar-refractivity contribution in [3.8, 4) is 22.8 Å². The maximum atomic E-state index is 10.2. The summed E-state index contributed by atoms with van der Waals surface area (Å²) in [5, 5.41) is 28.2. The molecule has 0 radical (unpaired) electrons. The van der Waals surface area contributed by atoms with Gasteiger partial charge in [-0.05, 0) is 18.2 Å². The third-order valence-corrected chi connectivity index (χ3v) is 4.52. The summed E-state index contributed by atoms with van der Waals surface area (Å²) in [6.07, 6.45) is 1.83. The largest absolute Gasteiger partial charge is 0.504 e. The molecule has 1 heterocycles. The first-order valence-corrected chi connectivity index (χ1v) is 9.36. The molecule has 0 fully saturated rings. The maximum absolute atomic E-state index is 10.2. The summed E-state index contributed by atoms with van der Waals surface area (Å²) in [6.45, 7) is 0.450. The van der Waals surface area contributed by atoms with Crippen LogP contribution in [0.4, 0.5) is 5.95 Å². The van der Waals surface area contributed by atoms with Gasteiger partial charge in [0.25, 0.3) is 0 Å². The van der Waals surface area contributed by atoms with Crippen molar-refractivity contribution in [2.24, 2.45) is 7.05 Å². The molecule has 3 aromatic rings. The Morgan fingerprint density at radius 1 is 1.17 bits per heavy atom. The van der Waals surface area contributed by atoms with E-state index in [0.29, 0.717) is 12.3 Å². The number of carbonyl (C=O) groups is 2. The second kappa shape index (κ2) is 10.3. The van der Waals surface area contributed by atoms with Gasteiger partial charge in [0.2, 0.25) is 5.95 Å². The second-order valence-electron chi connectivity index (χ2n) is 5.97. The van der Waals surface area contributed by atoms with E-state index in [4.69, 9.17) is 24.5 Å². The highest BCUT2D eigenvalue weighted by molar-refractivity contribution is 9.10. The van der Waals surface area contributed by atoms with Crippen LogP contribution in [0, 0.1) is 0 Å². The highest BCUT2D eigenvalue weighted by Gasteiger charge is 2.11. The lowest BCUT2D eigenvalue weighted by Gasteiger charge is -2.11. The number of imidazole rings is 1. The molecule has 0 unspecified atom stereocenters. The molecule has 0 atom stereocenters. The van der Waals surface area contributed by atoms with Crippen LogP contribution in [0.5, 0.6) is 11.5 Å². The lowest BCUT2D eigenvalue weighted by molar-refractivity contribution is -0.159. The number of aliphatic carboxylic acids is 2. The average molecular weight is 478 g/mol. The Morgan fingerprint density at radius 2 is 1.83 bits per heavy atom. The number of nitrogens with one attached hydrogen (secondary N) is 1. The number of anilines is 1. The summed E-state index contributed by atoms with van der Waals surface area (Å²) in [6, 6.07) is 13.5. The molecule has 10 heteroatoms. The molecule has 3 rings (SSSR count). The van der Waals surface area contributed by atoms with Gasteiger partial charge in [0, 0.05) is 29.2 Å². The van der Waals surface area contributed by atoms with E-state index in [1.165, 1.54) is 7.11 Å². The second-order valence-corrected chi connectivity index (χ2v) is 6.88. The predicted molar refractivity (Wildman–Crippen MR) is 114 cm³/mol. The standard InChI is InChI=1S/C18H18BrN3O2.C2H2O4/c1-22-15(12-5-3-7-14(19)9-12)11-21-18(22)20-10-13-6-4-8-16(24-2)17(13)23;3-1(4)2(5)6/h3-9,11,23H,10H2,1-2H3,(H,20,21);(H,3,4)(H,5,6). The lowest BCUT2D eigenvalue weighted by atomic mass is 10.2. The first-order chi connectivity index (χ1) is 14.2. The van der Waals surface area contributed by atoms with Crippen LogP contribution in [-0.4, -0.2) is 43.9 Å². The molecule has 0 aliphatic carbocycles. The summed E-state index contributed by atoms with van der Waals surface area (Å²) in [4.78, 5) is 22.6. The molecule has 1 aromatic heterocycles. The van der Waals surface area contributed by atoms with Crippen LogP contribution in [0.1, 0.15) is 5.56 Å². The fraction of sp³-hybridized carbons (Fsp3) is 0.150.